The summed E-state index contributed by atoms with van der Waals surface area (Å²) in [4.78, 5) is 0.283. The molecule has 1 atom stereocenters. The SMILES string of the molecule is COCOc1noc2cc(C(C)Br)ccc12. The molecule has 16 heavy (non-hydrogen) atoms. The quantitative estimate of drug-likeness (QED) is 0.639. The first-order valence-corrected chi connectivity index (χ1v) is 5.79. The number of hydrogen-bond acceptors (Lipinski definition) is 4. The topological polar surface area (TPSA) is 44.5 Å². The molecule has 1 aromatic heterocycles. The van der Waals surface area contributed by atoms with Gasteiger partial charge in [-0.25, -0.2) is 0 Å². The molecule has 2 aromatic rings. The van der Waals surface area contributed by atoms with Crippen molar-refractivity contribution < 1.29 is 14.0 Å². The van der Waals surface area contributed by atoms with Crippen molar-refractivity contribution in [3.8, 4) is 5.88 Å². The molecule has 1 unspecified atom stereocenters. The van der Waals surface area contributed by atoms with Crippen molar-refractivity contribution in [2.24, 2.45) is 0 Å². The fourth-order valence-electron chi connectivity index (χ4n) is 1.40. The van der Waals surface area contributed by atoms with E-state index in [-0.39, 0.29) is 11.6 Å². The van der Waals surface area contributed by atoms with Gasteiger partial charge >= 0.3 is 0 Å². The lowest BCUT2D eigenvalue weighted by molar-refractivity contribution is 0.0463. The highest BCUT2D eigenvalue weighted by molar-refractivity contribution is 9.09. The fraction of sp³-hybridized carbons (Fsp3) is 0.364. The maximum Gasteiger partial charge on any atom is 0.264 e. The molecule has 0 radical (unpaired) electrons. The van der Waals surface area contributed by atoms with Crippen LogP contribution in [0.2, 0.25) is 0 Å². The third kappa shape index (κ3) is 2.20. The molecule has 0 amide bonds. The van der Waals surface area contributed by atoms with Gasteiger partial charge in [0.25, 0.3) is 5.88 Å². The van der Waals surface area contributed by atoms with Crippen molar-refractivity contribution in [1.82, 2.24) is 5.16 Å². The van der Waals surface area contributed by atoms with Crippen LogP contribution in [0, 0.1) is 0 Å². The lowest BCUT2D eigenvalue weighted by Crippen LogP contribution is -1.98. The Hall–Kier alpha value is -1.07. The predicted octanol–water partition coefficient (Wildman–Crippen LogP) is 3.27. The van der Waals surface area contributed by atoms with E-state index in [1.54, 1.807) is 7.11 Å². The zero-order valence-electron chi connectivity index (χ0n) is 9.07. The first-order chi connectivity index (χ1) is 7.72. The Labute approximate surface area is 102 Å². The summed E-state index contributed by atoms with van der Waals surface area (Å²) in [6, 6.07) is 5.89. The summed E-state index contributed by atoms with van der Waals surface area (Å²) in [6.07, 6.45) is 0. The summed E-state index contributed by atoms with van der Waals surface area (Å²) in [5.41, 5.74) is 1.86. The van der Waals surface area contributed by atoms with Crippen LogP contribution in [-0.2, 0) is 4.74 Å². The van der Waals surface area contributed by atoms with E-state index < -0.39 is 0 Å². The minimum Gasteiger partial charge on any atom is -0.448 e. The van der Waals surface area contributed by atoms with Crippen LogP contribution in [0.5, 0.6) is 5.88 Å². The summed E-state index contributed by atoms with van der Waals surface area (Å²) in [5, 5.41) is 4.70. The van der Waals surface area contributed by atoms with E-state index in [1.165, 1.54) is 0 Å². The fourth-order valence-corrected chi connectivity index (χ4v) is 1.68. The number of fused-ring (bicyclic) bond motifs is 1. The molecule has 1 aromatic carbocycles. The molecule has 0 aliphatic rings. The predicted molar refractivity (Wildman–Crippen MR) is 63.9 cm³/mol. The number of alkyl halides is 1. The third-order valence-electron chi connectivity index (χ3n) is 2.24. The largest absolute Gasteiger partial charge is 0.448 e. The minimum atomic E-state index is 0.165. The standard InChI is InChI=1S/C11H12BrNO3/c1-7(12)8-3-4-9-10(5-8)16-13-11(9)15-6-14-2/h3-5,7H,6H2,1-2H3. The zero-order valence-corrected chi connectivity index (χ0v) is 10.7. The Kier molecular flexibility index (Phi) is 3.46. The summed E-state index contributed by atoms with van der Waals surface area (Å²) in [7, 11) is 1.56. The molecule has 0 N–H and O–H groups in total. The Bertz CT molecular complexity index is 481. The molecule has 2 rings (SSSR count). The molecule has 0 bridgehead atoms. The van der Waals surface area contributed by atoms with Crippen molar-refractivity contribution >= 4 is 26.9 Å². The second-order valence-corrected chi connectivity index (χ2v) is 4.78. The van der Waals surface area contributed by atoms with Crippen LogP contribution >= 0.6 is 15.9 Å². The second-order valence-electron chi connectivity index (χ2n) is 3.41. The maximum absolute atomic E-state index is 5.27. The van der Waals surface area contributed by atoms with Gasteiger partial charge in [0.05, 0.1) is 5.39 Å². The van der Waals surface area contributed by atoms with Crippen LogP contribution in [0.1, 0.15) is 17.3 Å². The van der Waals surface area contributed by atoms with Gasteiger partial charge in [-0.15, -0.1) is 0 Å². The molecule has 0 aliphatic carbocycles. The molecule has 4 nitrogen and oxygen atoms in total. The van der Waals surface area contributed by atoms with Gasteiger partial charge in [-0.2, -0.15) is 0 Å². The van der Waals surface area contributed by atoms with Crippen LogP contribution in [0.3, 0.4) is 0 Å². The molecule has 0 aliphatic heterocycles. The van der Waals surface area contributed by atoms with Gasteiger partial charge in [0.1, 0.15) is 0 Å². The third-order valence-corrected chi connectivity index (χ3v) is 2.76. The van der Waals surface area contributed by atoms with Crippen LogP contribution in [0.4, 0.5) is 0 Å². The molecule has 86 valence electrons. The van der Waals surface area contributed by atoms with Gasteiger partial charge in [-0.3, -0.25) is 0 Å². The minimum absolute atomic E-state index is 0.165. The van der Waals surface area contributed by atoms with Gasteiger partial charge < -0.3 is 14.0 Å². The zero-order chi connectivity index (χ0) is 11.5. The summed E-state index contributed by atoms with van der Waals surface area (Å²) in [6.45, 7) is 2.22. The van der Waals surface area contributed by atoms with Gasteiger partial charge in [0.15, 0.2) is 12.4 Å². The molecular formula is C11H12BrNO3. The highest BCUT2D eigenvalue weighted by Gasteiger charge is 2.11. The van der Waals surface area contributed by atoms with E-state index in [9.17, 15) is 0 Å². The van der Waals surface area contributed by atoms with Crippen molar-refractivity contribution in [3.05, 3.63) is 23.8 Å². The number of nitrogens with zero attached hydrogens (tertiary/aromatic N) is 1. The van der Waals surface area contributed by atoms with E-state index in [4.69, 9.17) is 14.0 Å². The van der Waals surface area contributed by atoms with E-state index in [2.05, 4.69) is 28.0 Å². The average molecular weight is 286 g/mol. The van der Waals surface area contributed by atoms with Crippen molar-refractivity contribution in [2.45, 2.75) is 11.8 Å². The Morgan fingerprint density at radius 2 is 2.31 bits per heavy atom. The van der Waals surface area contributed by atoms with Crippen molar-refractivity contribution in [2.75, 3.05) is 13.9 Å². The molecule has 1 heterocycles. The molecule has 0 fully saturated rings. The summed E-state index contributed by atoms with van der Waals surface area (Å²) >= 11 is 3.50. The number of rotatable bonds is 4. The highest BCUT2D eigenvalue weighted by atomic mass is 79.9. The first-order valence-electron chi connectivity index (χ1n) is 4.87. The molecule has 5 heteroatoms. The molecular weight excluding hydrogens is 274 g/mol. The number of aromatic nitrogens is 1. The Morgan fingerprint density at radius 1 is 1.50 bits per heavy atom. The highest BCUT2D eigenvalue weighted by Crippen LogP contribution is 2.29. The van der Waals surface area contributed by atoms with Crippen molar-refractivity contribution in [1.29, 1.82) is 0 Å². The second kappa shape index (κ2) is 4.84. The van der Waals surface area contributed by atoms with E-state index in [0.29, 0.717) is 5.88 Å². The lowest BCUT2D eigenvalue weighted by Gasteiger charge is -2.02. The van der Waals surface area contributed by atoms with Crippen molar-refractivity contribution in [3.63, 3.8) is 0 Å². The smallest absolute Gasteiger partial charge is 0.264 e. The Balaban J connectivity index is 2.35. The number of halogens is 1. The number of hydrogen-bond donors (Lipinski definition) is 0. The molecule has 0 spiro atoms. The summed E-state index contributed by atoms with van der Waals surface area (Å²) < 4.78 is 15.3. The van der Waals surface area contributed by atoms with Gasteiger partial charge in [-0.1, -0.05) is 22.0 Å². The summed E-state index contributed by atoms with van der Waals surface area (Å²) in [5.74, 6) is 0.464. The van der Waals surface area contributed by atoms with E-state index in [1.807, 2.05) is 18.2 Å². The number of ether oxygens (including phenoxy) is 2. The molecule has 0 saturated heterocycles. The Morgan fingerprint density at radius 3 is 3.00 bits per heavy atom. The average Bonchev–Trinajstić information content (AvgIpc) is 2.68. The lowest BCUT2D eigenvalue weighted by atomic mass is 10.1. The van der Waals surface area contributed by atoms with Gasteiger partial charge in [0.2, 0.25) is 0 Å². The molecule has 0 saturated carbocycles. The first kappa shape index (κ1) is 11.4. The van der Waals surface area contributed by atoms with Crippen LogP contribution in [0.25, 0.3) is 11.0 Å². The van der Waals surface area contributed by atoms with E-state index in [0.717, 1.165) is 16.5 Å². The van der Waals surface area contributed by atoms with Gasteiger partial charge in [-0.05, 0) is 29.8 Å². The van der Waals surface area contributed by atoms with Crippen LogP contribution < -0.4 is 4.74 Å². The number of methoxy groups -OCH3 is 1. The van der Waals surface area contributed by atoms with Crippen LogP contribution in [0.15, 0.2) is 22.7 Å². The normalized spacial score (nSPS) is 12.9. The monoisotopic (exact) mass is 285 g/mol. The number of benzene rings is 1. The maximum atomic E-state index is 5.27. The van der Waals surface area contributed by atoms with Gasteiger partial charge in [0, 0.05) is 11.9 Å². The van der Waals surface area contributed by atoms with E-state index >= 15 is 0 Å². The van der Waals surface area contributed by atoms with Crippen LogP contribution in [-0.4, -0.2) is 19.1 Å².